The molecule has 0 spiro atoms. The fourth-order valence-electron chi connectivity index (χ4n) is 2.35. The minimum absolute atomic E-state index is 0.225. The molecule has 5 heteroatoms. The predicted molar refractivity (Wildman–Crippen MR) is 84.5 cm³/mol. The molecular formula is C18H15FN2O2. The number of ether oxygens (including phenoxy) is 1. The van der Waals surface area contributed by atoms with E-state index in [0.717, 1.165) is 16.8 Å². The van der Waals surface area contributed by atoms with Crippen LogP contribution >= 0.6 is 0 Å². The van der Waals surface area contributed by atoms with Crippen LogP contribution in [0.25, 0.3) is 11.3 Å². The Bertz CT molecular complexity index is 811. The lowest BCUT2D eigenvalue weighted by Gasteiger charge is -2.07. The summed E-state index contributed by atoms with van der Waals surface area (Å²) in [7, 11) is 1.32. The second-order valence-corrected chi connectivity index (χ2v) is 5.06. The van der Waals surface area contributed by atoms with Crippen molar-refractivity contribution in [3.05, 3.63) is 77.7 Å². The topological polar surface area (TPSA) is 44.1 Å². The molecule has 3 rings (SSSR count). The number of benzene rings is 2. The lowest BCUT2D eigenvalue weighted by molar-refractivity contribution is 0.0593. The average Bonchev–Trinajstić information content (AvgIpc) is 2.99. The highest BCUT2D eigenvalue weighted by molar-refractivity contribution is 5.88. The highest BCUT2D eigenvalue weighted by Gasteiger charge is 2.16. The van der Waals surface area contributed by atoms with E-state index in [4.69, 9.17) is 4.74 Å². The molecule has 0 aliphatic rings. The molecule has 0 amide bonds. The summed E-state index contributed by atoms with van der Waals surface area (Å²) in [5.74, 6) is -0.809. The van der Waals surface area contributed by atoms with Crippen molar-refractivity contribution in [2.24, 2.45) is 0 Å². The van der Waals surface area contributed by atoms with E-state index in [2.05, 4.69) is 5.10 Å². The molecule has 4 nitrogen and oxygen atoms in total. The van der Waals surface area contributed by atoms with Gasteiger partial charge in [-0.25, -0.2) is 9.18 Å². The van der Waals surface area contributed by atoms with Gasteiger partial charge < -0.3 is 4.74 Å². The van der Waals surface area contributed by atoms with Gasteiger partial charge in [0.1, 0.15) is 5.82 Å². The molecule has 0 saturated heterocycles. The van der Waals surface area contributed by atoms with Crippen molar-refractivity contribution in [1.29, 1.82) is 0 Å². The van der Waals surface area contributed by atoms with Gasteiger partial charge in [-0.05, 0) is 35.9 Å². The number of halogens is 1. The molecule has 0 saturated carbocycles. The number of aromatic nitrogens is 2. The van der Waals surface area contributed by atoms with E-state index in [-0.39, 0.29) is 11.5 Å². The quantitative estimate of drug-likeness (QED) is 0.693. The third kappa shape index (κ3) is 3.29. The summed E-state index contributed by atoms with van der Waals surface area (Å²) in [6.45, 7) is 0.505. The lowest BCUT2D eigenvalue weighted by atomic mass is 10.1. The summed E-state index contributed by atoms with van der Waals surface area (Å²) in [5.41, 5.74) is 2.79. The van der Waals surface area contributed by atoms with E-state index >= 15 is 0 Å². The fourth-order valence-corrected chi connectivity index (χ4v) is 2.35. The second-order valence-electron chi connectivity index (χ2n) is 5.06. The van der Waals surface area contributed by atoms with E-state index in [1.54, 1.807) is 22.9 Å². The van der Waals surface area contributed by atoms with Crippen molar-refractivity contribution in [3.63, 3.8) is 0 Å². The van der Waals surface area contributed by atoms with Crippen LogP contribution in [0.15, 0.2) is 60.7 Å². The Morgan fingerprint density at radius 3 is 2.48 bits per heavy atom. The summed E-state index contributed by atoms with van der Waals surface area (Å²) >= 11 is 0. The highest BCUT2D eigenvalue weighted by Crippen LogP contribution is 2.22. The zero-order valence-corrected chi connectivity index (χ0v) is 12.6. The summed E-state index contributed by atoms with van der Waals surface area (Å²) < 4.78 is 19.6. The SMILES string of the molecule is COC(=O)c1cc(-c2ccc(F)cc2)n(Cc2ccccc2)n1. The number of methoxy groups -OCH3 is 1. The summed E-state index contributed by atoms with van der Waals surface area (Å²) in [6, 6.07) is 17.5. The third-order valence-electron chi connectivity index (χ3n) is 3.49. The maximum absolute atomic E-state index is 13.1. The maximum Gasteiger partial charge on any atom is 0.358 e. The normalized spacial score (nSPS) is 10.5. The van der Waals surface area contributed by atoms with Crippen LogP contribution in [0, 0.1) is 5.82 Å². The minimum Gasteiger partial charge on any atom is -0.464 e. The van der Waals surface area contributed by atoms with Gasteiger partial charge in [0.25, 0.3) is 0 Å². The molecule has 0 atom stereocenters. The van der Waals surface area contributed by atoms with Gasteiger partial charge in [-0.1, -0.05) is 30.3 Å². The first-order valence-electron chi connectivity index (χ1n) is 7.13. The van der Waals surface area contributed by atoms with Crippen LogP contribution in [0.2, 0.25) is 0 Å². The zero-order chi connectivity index (χ0) is 16.2. The molecule has 0 radical (unpaired) electrons. The monoisotopic (exact) mass is 310 g/mol. The smallest absolute Gasteiger partial charge is 0.358 e. The van der Waals surface area contributed by atoms with E-state index in [9.17, 15) is 9.18 Å². The van der Waals surface area contributed by atoms with Crippen LogP contribution in [0.5, 0.6) is 0 Å². The molecule has 1 heterocycles. The first kappa shape index (κ1) is 15.0. The molecule has 23 heavy (non-hydrogen) atoms. The van der Waals surface area contributed by atoms with E-state index in [1.807, 2.05) is 30.3 Å². The van der Waals surface area contributed by atoms with Gasteiger partial charge in [0.2, 0.25) is 0 Å². The Hall–Kier alpha value is -2.95. The van der Waals surface area contributed by atoms with Gasteiger partial charge >= 0.3 is 5.97 Å². The molecule has 0 aliphatic carbocycles. The molecule has 1 aromatic heterocycles. The molecule has 0 N–H and O–H groups in total. The van der Waals surface area contributed by atoms with E-state index in [0.29, 0.717) is 6.54 Å². The van der Waals surface area contributed by atoms with Crippen LogP contribution < -0.4 is 0 Å². The van der Waals surface area contributed by atoms with Crippen LogP contribution in [-0.4, -0.2) is 22.9 Å². The van der Waals surface area contributed by atoms with Crippen LogP contribution in [-0.2, 0) is 11.3 Å². The minimum atomic E-state index is -0.500. The fraction of sp³-hybridized carbons (Fsp3) is 0.111. The predicted octanol–water partition coefficient (Wildman–Crippen LogP) is 3.52. The van der Waals surface area contributed by atoms with Crippen molar-refractivity contribution >= 4 is 5.97 Å². The largest absolute Gasteiger partial charge is 0.464 e. The van der Waals surface area contributed by atoms with Crippen LogP contribution in [0.4, 0.5) is 4.39 Å². The summed E-state index contributed by atoms with van der Waals surface area (Å²) in [4.78, 5) is 11.8. The number of hydrogen-bond donors (Lipinski definition) is 0. The molecule has 3 aromatic rings. The molecule has 0 bridgehead atoms. The van der Waals surface area contributed by atoms with E-state index in [1.165, 1.54) is 19.2 Å². The van der Waals surface area contributed by atoms with Crippen LogP contribution in [0.3, 0.4) is 0 Å². The number of nitrogens with zero attached hydrogens (tertiary/aromatic N) is 2. The molecule has 0 unspecified atom stereocenters. The molecule has 2 aromatic carbocycles. The van der Waals surface area contributed by atoms with Gasteiger partial charge in [0.15, 0.2) is 5.69 Å². The van der Waals surface area contributed by atoms with Crippen LogP contribution in [0.1, 0.15) is 16.1 Å². The molecule has 0 aliphatic heterocycles. The van der Waals surface area contributed by atoms with Crippen molar-refractivity contribution in [2.75, 3.05) is 7.11 Å². The zero-order valence-electron chi connectivity index (χ0n) is 12.6. The Kier molecular flexibility index (Phi) is 4.19. The van der Waals surface area contributed by atoms with Crippen molar-refractivity contribution < 1.29 is 13.9 Å². The first-order valence-corrected chi connectivity index (χ1v) is 7.13. The standard InChI is InChI=1S/C18H15FN2O2/c1-23-18(22)16-11-17(14-7-9-15(19)10-8-14)21(20-16)12-13-5-3-2-4-6-13/h2-11H,12H2,1H3. The number of hydrogen-bond acceptors (Lipinski definition) is 3. The maximum atomic E-state index is 13.1. The van der Waals surface area contributed by atoms with Gasteiger partial charge in [0.05, 0.1) is 19.3 Å². The highest BCUT2D eigenvalue weighted by atomic mass is 19.1. The lowest BCUT2D eigenvalue weighted by Crippen LogP contribution is -2.07. The Labute approximate surface area is 133 Å². The Balaban J connectivity index is 2.03. The van der Waals surface area contributed by atoms with Gasteiger partial charge in [0, 0.05) is 5.56 Å². The van der Waals surface area contributed by atoms with Gasteiger partial charge in [-0.15, -0.1) is 0 Å². The first-order chi connectivity index (χ1) is 11.2. The number of carbonyl (C=O) groups excluding carboxylic acids is 1. The van der Waals surface area contributed by atoms with Crippen molar-refractivity contribution in [2.45, 2.75) is 6.54 Å². The third-order valence-corrected chi connectivity index (χ3v) is 3.49. The average molecular weight is 310 g/mol. The molecular weight excluding hydrogens is 295 g/mol. The van der Waals surface area contributed by atoms with Gasteiger partial charge in [-0.2, -0.15) is 5.10 Å². The Morgan fingerprint density at radius 1 is 1.13 bits per heavy atom. The second kappa shape index (κ2) is 6.44. The number of rotatable bonds is 4. The van der Waals surface area contributed by atoms with Gasteiger partial charge in [-0.3, -0.25) is 4.68 Å². The number of esters is 1. The van der Waals surface area contributed by atoms with Crippen molar-refractivity contribution in [3.8, 4) is 11.3 Å². The summed E-state index contributed by atoms with van der Waals surface area (Å²) in [5, 5.41) is 4.32. The molecule has 116 valence electrons. The molecule has 0 fully saturated rings. The van der Waals surface area contributed by atoms with E-state index < -0.39 is 5.97 Å². The Morgan fingerprint density at radius 2 is 1.83 bits per heavy atom. The van der Waals surface area contributed by atoms with Crippen molar-refractivity contribution in [1.82, 2.24) is 9.78 Å². The number of carbonyl (C=O) groups is 1. The summed E-state index contributed by atoms with van der Waals surface area (Å²) in [6.07, 6.45) is 0.